The second-order valence-corrected chi connectivity index (χ2v) is 10.8. The molecule has 6 rings (SSSR count). The van der Waals surface area contributed by atoms with E-state index in [0.717, 1.165) is 74.6 Å². The lowest BCUT2D eigenvalue weighted by Gasteiger charge is -2.38. The molecule has 38 heavy (non-hydrogen) atoms. The van der Waals surface area contributed by atoms with Gasteiger partial charge in [-0.3, -0.25) is 14.0 Å². The summed E-state index contributed by atoms with van der Waals surface area (Å²) in [5, 5.41) is 3.59. The summed E-state index contributed by atoms with van der Waals surface area (Å²) in [5.74, 6) is 0.624. The molecule has 0 radical (unpaired) electrons. The SMILES string of the molecule is Cc1cccc(-n2c(-c3ccnc(NC4CCC(N5CCOCC5)CC4)n3)cn(C3CCOCC3)c2=O)c1. The normalized spacial score (nSPS) is 23.4. The monoisotopic (exact) mass is 518 g/mol. The molecule has 3 aromatic rings. The van der Waals surface area contributed by atoms with E-state index in [-0.39, 0.29) is 11.7 Å². The van der Waals surface area contributed by atoms with Gasteiger partial charge in [-0.05, 0) is 69.2 Å². The quantitative estimate of drug-likeness (QED) is 0.531. The van der Waals surface area contributed by atoms with Crippen molar-refractivity contribution in [3.05, 3.63) is 58.8 Å². The molecule has 3 fully saturated rings. The molecule has 1 saturated carbocycles. The zero-order valence-corrected chi connectivity index (χ0v) is 22.2. The lowest BCUT2D eigenvalue weighted by Crippen LogP contribution is -2.46. The van der Waals surface area contributed by atoms with Crippen LogP contribution in [0.25, 0.3) is 17.1 Å². The topological polar surface area (TPSA) is 86.4 Å². The van der Waals surface area contributed by atoms with E-state index < -0.39 is 0 Å². The van der Waals surface area contributed by atoms with Crippen LogP contribution < -0.4 is 11.0 Å². The average molecular weight is 519 g/mol. The van der Waals surface area contributed by atoms with Crippen molar-refractivity contribution >= 4 is 5.95 Å². The number of benzene rings is 1. The number of anilines is 1. The minimum absolute atomic E-state index is 0.0351. The van der Waals surface area contributed by atoms with Gasteiger partial charge >= 0.3 is 5.69 Å². The fraction of sp³-hybridized carbons (Fsp3) is 0.552. The van der Waals surface area contributed by atoms with Crippen molar-refractivity contribution in [3.8, 4) is 17.1 Å². The van der Waals surface area contributed by atoms with E-state index in [0.29, 0.717) is 31.2 Å². The summed E-state index contributed by atoms with van der Waals surface area (Å²) in [6.07, 6.45) is 9.99. The van der Waals surface area contributed by atoms with Crippen molar-refractivity contribution in [1.82, 2.24) is 24.0 Å². The van der Waals surface area contributed by atoms with Crippen molar-refractivity contribution in [2.75, 3.05) is 44.8 Å². The summed E-state index contributed by atoms with van der Waals surface area (Å²) in [7, 11) is 0. The van der Waals surface area contributed by atoms with Gasteiger partial charge in [-0.15, -0.1) is 0 Å². The zero-order valence-electron chi connectivity index (χ0n) is 22.2. The Morgan fingerprint density at radius 3 is 2.45 bits per heavy atom. The first kappa shape index (κ1) is 25.3. The van der Waals surface area contributed by atoms with Gasteiger partial charge in [-0.2, -0.15) is 0 Å². The highest BCUT2D eigenvalue weighted by atomic mass is 16.5. The van der Waals surface area contributed by atoms with E-state index in [9.17, 15) is 4.79 Å². The second-order valence-electron chi connectivity index (χ2n) is 10.8. The van der Waals surface area contributed by atoms with E-state index in [1.807, 2.05) is 48.0 Å². The number of ether oxygens (including phenoxy) is 2. The summed E-state index contributed by atoms with van der Waals surface area (Å²) in [6.45, 7) is 7.19. The molecule has 0 atom stereocenters. The largest absolute Gasteiger partial charge is 0.381 e. The van der Waals surface area contributed by atoms with Crippen LogP contribution in [0.1, 0.15) is 50.1 Å². The Balaban J connectivity index is 1.25. The fourth-order valence-corrected chi connectivity index (χ4v) is 6.17. The molecule has 1 N–H and O–H groups in total. The first-order valence-corrected chi connectivity index (χ1v) is 14.1. The molecule has 0 bridgehead atoms. The second kappa shape index (κ2) is 11.4. The van der Waals surface area contributed by atoms with E-state index in [1.54, 1.807) is 10.8 Å². The van der Waals surface area contributed by atoms with Crippen LogP contribution >= 0.6 is 0 Å². The van der Waals surface area contributed by atoms with Gasteiger partial charge in [0.25, 0.3) is 0 Å². The third-order valence-corrected chi connectivity index (χ3v) is 8.27. The smallest absolute Gasteiger partial charge is 0.333 e. The molecule has 4 heterocycles. The number of morpholine rings is 1. The molecule has 202 valence electrons. The molecule has 9 heteroatoms. The molecular formula is C29H38N6O3. The molecule has 9 nitrogen and oxygen atoms in total. The van der Waals surface area contributed by atoms with E-state index in [1.165, 1.54) is 12.8 Å². The van der Waals surface area contributed by atoms with Crippen LogP contribution in [0.4, 0.5) is 5.95 Å². The Hall–Kier alpha value is -3.01. The highest BCUT2D eigenvalue weighted by Gasteiger charge is 2.28. The number of hydrogen-bond donors (Lipinski definition) is 1. The van der Waals surface area contributed by atoms with Crippen molar-refractivity contribution in [2.24, 2.45) is 0 Å². The maximum absolute atomic E-state index is 13.8. The number of hydrogen-bond acceptors (Lipinski definition) is 7. The van der Waals surface area contributed by atoms with Crippen LogP contribution in [-0.4, -0.2) is 75.6 Å². The number of nitrogens with zero attached hydrogens (tertiary/aromatic N) is 5. The lowest BCUT2D eigenvalue weighted by molar-refractivity contribution is 0.00790. The Morgan fingerprint density at radius 2 is 1.68 bits per heavy atom. The van der Waals surface area contributed by atoms with E-state index in [2.05, 4.69) is 15.2 Å². The Labute approximate surface area is 223 Å². The first-order valence-electron chi connectivity index (χ1n) is 14.1. The minimum atomic E-state index is -0.0351. The number of imidazole rings is 1. The number of aryl methyl sites for hydroxylation is 1. The summed E-state index contributed by atoms with van der Waals surface area (Å²) in [4.78, 5) is 25.8. The van der Waals surface area contributed by atoms with Crippen LogP contribution in [-0.2, 0) is 9.47 Å². The number of nitrogens with one attached hydrogen (secondary N) is 1. The molecule has 2 saturated heterocycles. The highest BCUT2D eigenvalue weighted by molar-refractivity contribution is 5.59. The summed E-state index contributed by atoms with van der Waals surface area (Å²) < 4.78 is 14.7. The summed E-state index contributed by atoms with van der Waals surface area (Å²) >= 11 is 0. The lowest BCUT2D eigenvalue weighted by atomic mass is 9.90. The van der Waals surface area contributed by atoms with Crippen LogP contribution in [0.2, 0.25) is 0 Å². The van der Waals surface area contributed by atoms with Crippen molar-refractivity contribution < 1.29 is 9.47 Å². The van der Waals surface area contributed by atoms with Crippen molar-refractivity contribution in [3.63, 3.8) is 0 Å². The maximum Gasteiger partial charge on any atom is 0.333 e. The first-order chi connectivity index (χ1) is 18.7. The molecule has 0 unspecified atom stereocenters. The van der Waals surface area contributed by atoms with Crippen LogP contribution in [0, 0.1) is 6.92 Å². The van der Waals surface area contributed by atoms with E-state index in [4.69, 9.17) is 14.5 Å². The molecule has 3 aliphatic rings. The molecule has 0 spiro atoms. The third-order valence-electron chi connectivity index (χ3n) is 8.27. The predicted octanol–water partition coefficient (Wildman–Crippen LogP) is 3.81. The summed E-state index contributed by atoms with van der Waals surface area (Å²) in [6, 6.07) is 11.1. The Morgan fingerprint density at radius 1 is 0.921 bits per heavy atom. The van der Waals surface area contributed by atoms with Gasteiger partial charge < -0.3 is 14.8 Å². The highest BCUT2D eigenvalue weighted by Crippen LogP contribution is 2.28. The number of aromatic nitrogens is 4. The Kier molecular flexibility index (Phi) is 7.58. The standard InChI is InChI=1S/C29H38N6O3/c1-21-3-2-4-25(19-21)35-27(20-34(29(35)36)24-10-15-37-16-11-24)26-9-12-30-28(32-26)31-22-5-7-23(8-6-22)33-13-17-38-18-14-33/h2-4,9,12,19-20,22-24H,5-8,10-11,13-18H2,1H3,(H,30,31,32). The van der Waals surface area contributed by atoms with Gasteiger partial charge in [0, 0.05) is 56.8 Å². The fourth-order valence-electron chi connectivity index (χ4n) is 6.17. The summed E-state index contributed by atoms with van der Waals surface area (Å²) in [5.41, 5.74) is 3.46. The van der Waals surface area contributed by atoms with Crippen LogP contribution in [0.15, 0.2) is 47.5 Å². The van der Waals surface area contributed by atoms with Crippen LogP contribution in [0.3, 0.4) is 0 Å². The maximum atomic E-state index is 13.8. The molecule has 1 aromatic carbocycles. The Bertz CT molecular complexity index is 1280. The molecular weight excluding hydrogens is 480 g/mol. The van der Waals surface area contributed by atoms with Gasteiger partial charge in [-0.25, -0.2) is 14.8 Å². The van der Waals surface area contributed by atoms with Crippen molar-refractivity contribution in [1.29, 1.82) is 0 Å². The molecule has 2 aliphatic heterocycles. The molecule has 0 amide bonds. The average Bonchev–Trinajstić information content (AvgIpc) is 3.31. The van der Waals surface area contributed by atoms with Gasteiger partial charge in [0.15, 0.2) is 0 Å². The van der Waals surface area contributed by atoms with Gasteiger partial charge in [0.1, 0.15) is 0 Å². The van der Waals surface area contributed by atoms with Gasteiger partial charge in [-0.1, -0.05) is 12.1 Å². The molecule has 1 aliphatic carbocycles. The molecule has 2 aromatic heterocycles. The van der Waals surface area contributed by atoms with Gasteiger partial charge in [0.05, 0.1) is 30.3 Å². The van der Waals surface area contributed by atoms with Crippen LogP contribution in [0.5, 0.6) is 0 Å². The number of rotatable bonds is 6. The predicted molar refractivity (Wildman–Crippen MR) is 147 cm³/mol. The van der Waals surface area contributed by atoms with E-state index >= 15 is 0 Å². The van der Waals surface area contributed by atoms with Crippen molar-refractivity contribution in [2.45, 2.75) is 63.6 Å². The zero-order chi connectivity index (χ0) is 25.9. The minimum Gasteiger partial charge on any atom is -0.381 e. The van der Waals surface area contributed by atoms with Gasteiger partial charge in [0.2, 0.25) is 5.95 Å². The third kappa shape index (κ3) is 5.41.